The van der Waals surface area contributed by atoms with Crippen molar-refractivity contribution in [1.29, 1.82) is 0 Å². The largest absolute Gasteiger partial charge is 0.205 e. The molecule has 0 N–H and O–H groups in total. The normalized spacial score (nSPS) is 12.0. The fourth-order valence-corrected chi connectivity index (χ4v) is 3.63. The lowest BCUT2D eigenvalue weighted by Crippen LogP contribution is -2.05. The van der Waals surface area contributed by atoms with E-state index in [-0.39, 0.29) is 5.56 Å². The third kappa shape index (κ3) is 3.48. The number of halogens is 3. The molecule has 0 saturated carbocycles. The van der Waals surface area contributed by atoms with Gasteiger partial charge in [-0.05, 0) is 71.3 Å². The van der Waals surface area contributed by atoms with Crippen LogP contribution < -0.4 is 0 Å². The van der Waals surface area contributed by atoms with Gasteiger partial charge < -0.3 is 0 Å². The standard InChI is InChI=1S/C24H17ClF2/c1-2-15-5-9-20-18(11-15)7-8-19-12-16(6-10-21(19)20)3-4-17-13-22(26)24(25)23(27)14-17/h5-6,9-14H,2,7-8H2,1H3. The number of hydrogen-bond acceptors (Lipinski definition) is 0. The molecule has 0 amide bonds. The van der Waals surface area contributed by atoms with Gasteiger partial charge in [-0.3, -0.25) is 0 Å². The summed E-state index contributed by atoms with van der Waals surface area (Å²) in [6.07, 6.45) is 3.02. The van der Waals surface area contributed by atoms with Gasteiger partial charge in [0.1, 0.15) is 16.7 Å². The van der Waals surface area contributed by atoms with E-state index in [4.69, 9.17) is 11.6 Å². The van der Waals surface area contributed by atoms with E-state index in [9.17, 15) is 8.78 Å². The predicted molar refractivity (Wildman–Crippen MR) is 106 cm³/mol. The molecule has 3 aromatic carbocycles. The lowest BCUT2D eigenvalue weighted by atomic mass is 9.84. The Hall–Kier alpha value is -2.63. The van der Waals surface area contributed by atoms with Crippen LogP contribution in [0.3, 0.4) is 0 Å². The van der Waals surface area contributed by atoms with E-state index in [1.807, 2.05) is 6.07 Å². The van der Waals surface area contributed by atoms with Crippen LogP contribution in [0.5, 0.6) is 0 Å². The summed E-state index contributed by atoms with van der Waals surface area (Å²) in [7, 11) is 0. The van der Waals surface area contributed by atoms with Crippen LogP contribution in [-0.4, -0.2) is 0 Å². The Balaban J connectivity index is 1.67. The van der Waals surface area contributed by atoms with Gasteiger partial charge in [-0.2, -0.15) is 0 Å². The fraction of sp³-hybridized carbons (Fsp3) is 0.167. The lowest BCUT2D eigenvalue weighted by molar-refractivity contribution is 0.583. The first-order chi connectivity index (χ1) is 13.0. The second-order valence-corrected chi connectivity index (χ2v) is 7.10. The van der Waals surface area contributed by atoms with Gasteiger partial charge in [0.15, 0.2) is 0 Å². The van der Waals surface area contributed by atoms with E-state index in [1.165, 1.54) is 27.8 Å². The predicted octanol–water partition coefficient (Wildman–Crippen LogP) is 6.35. The molecule has 3 heteroatoms. The van der Waals surface area contributed by atoms with Crippen molar-refractivity contribution in [3.05, 3.63) is 93.0 Å². The highest BCUT2D eigenvalue weighted by Gasteiger charge is 2.16. The van der Waals surface area contributed by atoms with E-state index in [2.05, 4.69) is 49.1 Å². The van der Waals surface area contributed by atoms with Crippen LogP contribution >= 0.6 is 11.6 Å². The maximum absolute atomic E-state index is 13.5. The molecule has 0 aromatic heterocycles. The van der Waals surface area contributed by atoms with Gasteiger partial charge >= 0.3 is 0 Å². The summed E-state index contributed by atoms with van der Waals surface area (Å²) >= 11 is 5.51. The van der Waals surface area contributed by atoms with E-state index in [0.29, 0.717) is 0 Å². The van der Waals surface area contributed by atoms with Crippen LogP contribution in [0.1, 0.15) is 34.7 Å². The summed E-state index contributed by atoms with van der Waals surface area (Å²) in [4.78, 5) is 0. The van der Waals surface area contributed by atoms with Gasteiger partial charge in [0, 0.05) is 11.1 Å². The van der Waals surface area contributed by atoms with Crippen LogP contribution in [0.4, 0.5) is 8.78 Å². The molecule has 0 unspecified atom stereocenters. The number of hydrogen-bond donors (Lipinski definition) is 0. The zero-order valence-electron chi connectivity index (χ0n) is 14.9. The molecule has 134 valence electrons. The maximum Gasteiger partial charge on any atom is 0.146 e. The molecule has 0 radical (unpaired) electrons. The Morgan fingerprint density at radius 3 is 2.07 bits per heavy atom. The van der Waals surface area contributed by atoms with Crippen molar-refractivity contribution >= 4 is 11.6 Å². The van der Waals surface area contributed by atoms with Crippen molar-refractivity contribution in [3.8, 4) is 23.0 Å². The van der Waals surface area contributed by atoms with Gasteiger partial charge in [-0.15, -0.1) is 0 Å². The van der Waals surface area contributed by atoms with Gasteiger partial charge in [0.2, 0.25) is 0 Å². The third-order valence-corrected chi connectivity index (χ3v) is 5.33. The minimum absolute atomic E-state index is 0.268. The van der Waals surface area contributed by atoms with E-state index < -0.39 is 16.7 Å². The molecule has 0 saturated heterocycles. The lowest BCUT2D eigenvalue weighted by Gasteiger charge is -2.20. The van der Waals surface area contributed by atoms with Crippen LogP contribution in [0.15, 0.2) is 48.5 Å². The van der Waals surface area contributed by atoms with Crippen molar-refractivity contribution in [2.75, 3.05) is 0 Å². The highest BCUT2D eigenvalue weighted by atomic mass is 35.5. The monoisotopic (exact) mass is 378 g/mol. The number of rotatable bonds is 1. The number of benzene rings is 3. The van der Waals surface area contributed by atoms with E-state index >= 15 is 0 Å². The summed E-state index contributed by atoms with van der Waals surface area (Å²) in [5.74, 6) is 4.23. The van der Waals surface area contributed by atoms with Crippen molar-refractivity contribution in [3.63, 3.8) is 0 Å². The zero-order valence-corrected chi connectivity index (χ0v) is 15.6. The number of aryl methyl sites for hydroxylation is 3. The summed E-state index contributed by atoms with van der Waals surface area (Å²) in [6, 6.07) is 15.1. The highest BCUT2D eigenvalue weighted by Crippen LogP contribution is 2.34. The molecule has 4 rings (SSSR count). The second kappa shape index (κ2) is 7.18. The molecule has 0 aliphatic heterocycles. The molecule has 0 spiro atoms. The molecule has 0 fully saturated rings. The quantitative estimate of drug-likeness (QED) is 0.342. The van der Waals surface area contributed by atoms with Gasteiger partial charge in [-0.25, -0.2) is 8.78 Å². The van der Waals surface area contributed by atoms with Gasteiger partial charge in [0.25, 0.3) is 0 Å². The summed E-state index contributed by atoms with van der Waals surface area (Å²) in [5, 5.41) is -0.501. The Labute approximate surface area is 162 Å². The van der Waals surface area contributed by atoms with E-state index in [1.54, 1.807) is 0 Å². The van der Waals surface area contributed by atoms with Crippen LogP contribution in [-0.2, 0) is 19.3 Å². The molecule has 27 heavy (non-hydrogen) atoms. The Morgan fingerprint density at radius 1 is 0.815 bits per heavy atom. The van der Waals surface area contributed by atoms with Crippen molar-refractivity contribution in [1.82, 2.24) is 0 Å². The molecule has 0 atom stereocenters. The molecule has 0 bridgehead atoms. The van der Waals surface area contributed by atoms with Crippen molar-refractivity contribution in [2.45, 2.75) is 26.2 Å². The third-order valence-electron chi connectivity index (χ3n) is 4.97. The molecule has 3 aromatic rings. The summed E-state index contributed by atoms with van der Waals surface area (Å²) in [5.41, 5.74) is 7.65. The summed E-state index contributed by atoms with van der Waals surface area (Å²) < 4.78 is 27.1. The smallest absolute Gasteiger partial charge is 0.146 e. The van der Waals surface area contributed by atoms with Gasteiger partial charge in [-0.1, -0.05) is 54.6 Å². The van der Waals surface area contributed by atoms with Gasteiger partial charge in [0.05, 0.1) is 0 Å². The van der Waals surface area contributed by atoms with Crippen LogP contribution in [0, 0.1) is 23.5 Å². The SMILES string of the molecule is CCc1ccc2c(c1)CCc1cc(C#Cc3cc(F)c(Cl)c(F)c3)ccc1-2. The topological polar surface area (TPSA) is 0 Å². The molecule has 1 aliphatic rings. The van der Waals surface area contributed by atoms with Crippen molar-refractivity contribution < 1.29 is 8.78 Å². The molecular formula is C24H17ClF2. The Kier molecular flexibility index (Phi) is 4.72. The second-order valence-electron chi connectivity index (χ2n) is 6.72. The summed E-state index contributed by atoms with van der Waals surface area (Å²) in [6.45, 7) is 2.17. The van der Waals surface area contributed by atoms with Crippen LogP contribution in [0.2, 0.25) is 5.02 Å². The molecule has 1 aliphatic carbocycles. The fourth-order valence-electron chi connectivity index (χ4n) is 3.52. The minimum Gasteiger partial charge on any atom is -0.205 e. The maximum atomic E-state index is 13.5. The average Bonchev–Trinajstić information content (AvgIpc) is 2.69. The first-order valence-electron chi connectivity index (χ1n) is 8.97. The van der Waals surface area contributed by atoms with E-state index in [0.717, 1.165) is 37.0 Å². The zero-order chi connectivity index (χ0) is 19.0. The Bertz CT molecular complexity index is 1080. The Morgan fingerprint density at radius 2 is 1.41 bits per heavy atom. The van der Waals surface area contributed by atoms with Crippen LogP contribution in [0.25, 0.3) is 11.1 Å². The number of fused-ring (bicyclic) bond motifs is 3. The first-order valence-corrected chi connectivity index (χ1v) is 9.34. The first kappa shape index (κ1) is 17.8. The minimum atomic E-state index is -0.797. The molecule has 0 heterocycles. The molecule has 0 nitrogen and oxygen atoms in total. The highest BCUT2D eigenvalue weighted by molar-refractivity contribution is 6.30. The van der Waals surface area contributed by atoms with Crippen molar-refractivity contribution in [2.24, 2.45) is 0 Å². The molecular weight excluding hydrogens is 362 g/mol. The average molecular weight is 379 g/mol.